The Labute approximate surface area is 90.7 Å². The molecule has 2 aliphatic heterocycles. The fourth-order valence-electron chi connectivity index (χ4n) is 2.45. The van der Waals surface area contributed by atoms with Gasteiger partial charge < -0.3 is 4.90 Å². The fourth-order valence-corrected chi connectivity index (χ4v) is 2.45. The molecular weight excluding hydrogens is 182 g/mol. The zero-order valence-corrected chi connectivity index (χ0v) is 8.98. The van der Waals surface area contributed by atoms with Gasteiger partial charge in [0.25, 0.3) is 0 Å². The van der Waals surface area contributed by atoms with Crippen molar-refractivity contribution in [3.8, 4) is 0 Å². The molecule has 0 saturated heterocycles. The van der Waals surface area contributed by atoms with Crippen molar-refractivity contribution >= 4 is 0 Å². The Morgan fingerprint density at radius 1 is 1.33 bits per heavy atom. The second-order valence-corrected chi connectivity index (χ2v) is 4.23. The number of rotatable bonds is 1. The van der Waals surface area contributed by atoms with Crippen LogP contribution in [-0.2, 0) is 13.0 Å². The van der Waals surface area contributed by atoms with Crippen molar-refractivity contribution in [1.29, 1.82) is 0 Å². The molecule has 0 radical (unpaired) electrons. The summed E-state index contributed by atoms with van der Waals surface area (Å²) in [7, 11) is 0. The summed E-state index contributed by atoms with van der Waals surface area (Å²) >= 11 is 0. The van der Waals surface area contributed by atoms with Gasteiger partial charge in [0.1, 0.15) is 0 Å². The summed E-state index contributed by atoms with van der Waals surface area (Å²) in [5.74, 6) is 0. The molecule has 1 heteroatoms. The van der Waals surface area contributed by atoms with Gasteiger partial charge in [0, 0.05) is 12.7 Å². The first-order valence-corrected chi connectivity index (χ1v) is 5.61. The first kappa shape index (κ1) is 8.78. The molecule has 0 aromatic heterocycles. The first-order chi connectivity index (χ1) is 7.38. The van der Waals surface area contributed by atoms with E-state index in [0.717, 1.165) is 13.0 Å². The van der Waals surface area contributed by atoms with Crippen molar-refractivity contribution in [1.82, 2.24) is 4.90 Å². The van der Waals surface area contributed by atoms with E-state index in [4.69, 9.17) is 0 Å². The minimum Gasteiger partial charge on any atom is -0.363 e. The maximum atomic E-state index is 2.39. The predicted molar refractivity (Wildman–Crippen MR) is 62.4 cm³/mol. The Hall–Kier alpha value is -1.50. The molecule has 0 N–H and O–H groups in total. The van der Waals surface area contributed by atoms with Crippen LogP contribution < -0.4 is 0 Å². The Bertz CT molecular complexity index is 443. The Morgan fingerprint density at radius 3 is 3.13 bits per heavy atom. The Balaban J connectivity index is 2.06. The summed E-state index contributed by atoms with van der Waals surface area (Å²) < 4.78 is 0. The third kappa shape index (κ3) is 1.30. The van der Waals surface area contributed by atoms with Crippen LogP contribution in [0.15, 0.2) is 42.6 Å². The van der Waals surface area contributed by atoms with Gasteiger partial charge in [-0.15, -0.1) is 0 Å². The summed E-state index contributed by atoms with van der Waals surface area (Å²) in [6.45, 7) is 3.27. The molecule has 0 aliphatic carbocycles. The van der Waals surface area contributed by atoms with E-state index in [0.29, 0.717) is 6.04 Å². The quantitative estimate of drug-likeness (QED) is 0.668. The molecule has 0 spiro atoms. The van der Waals surface area contributed by atoms with Crippen molar-refractivity contribution in [2.24, 2.45) is 0 Å². The van der Waals surface area contributed by atoms with Gasteiger partial charge in [0.15, 0.2) is 0 Å². The molecule has 1 atom stereocenters. The smallest absolute Gasteiger partial charge is 0.0731 e. The van der Waals surface area contributed by atoms with Gasteiger partial charge in [-0.2, -0.15) is 0 Å². The van der Waals surface area contributed by atoms with Crippen molar-refractivity contribution in [2.45, 2.75) is 25.9 Å². The van der Waals surface area contributed by atoms with Gasteiger partial charge >= 0.3 is 0 Å². The van der Waals surface area contributed by atoms with Crippen LogP contribution in [0.4, 0.5) is 0 Å². The molecule has 15 heavy (non-hydrogen) atoms. The van der Waals surface area contributed by atoms with Crippen LogP contribution in [0.1, 0.15) is 29.7 Å². The topological polar surface area (TPSA) is 3.24 Å². The van der Waals surface area contributed by atoms with Crippen LogP contribution in [0.25, 0.3) is 0 Å². The predicted octanol–water partition coefficient (Wildman–Crippen LogP) is 3.19. The highest BCUT2D eigenvalue weighted by Gasteiger charge is 2.26. The SMILES string of the molecule is CCc1ccc2c(c1)C1C=CC=CN1C2. The summed E-state index contributed by atoms with van der Waals surface area (Å²) in [5.41, 5.74) is 4.42. The van der Waals surface area contributed by atoms with E-state index in [1.165, 1.54) is 16.7 Å². The standard InChI is InChI=1S/C14H15N/c1-2-11-6-7-12-10-15-8-4-3-5-14(15)13(12)9-11/h3-9,14H,2,10H2,1H3. The van der Waals surface area contributed by atoms with Crippen LogP contribution in [0.2, 0.25) is 0 Å². The number of hydrogen-bond donors (Lipinski definition) is 0. The highest BCUT2D eigenvalue weighted by atomic mass is 15.2. The summed E-state index contributed by atoms with van der Waals surface area (Å²) in [5, 5.41) is 0. The Kier molecular flexibility index (Phi) is 1.91. The van der Waals surface area contributed by atoms with Gasteiger partial charge in [-0.05, 0) is 29.2 Å². The third-order valence-corrected chi connectivity index (χ3v) is 3.33. The maximum Gasteiger partial charge on any atom is 0.0731 e. The van der Waals surface area contributed by atoms with Gasteiger partial charge in [0.2, 0.25) is 0 Å². The molecule has 1 aromatic carbocycles. The minimum absolute atomic E-state index is 0.483. The lowest BCUT2D eigenvalue weighted by atomic mass is 10.00. The van der Waals surface area contributed by atoms with Crippen molar-refractivity contribution in [3.63, 3.8) is 0 Å². The fraction of sp³-hybridized carbons (Fsp3) is 0.286. The number of benzene rings is 1. The highest BCUT2D eigenvalue weighted by molar-refractivity contribution is 5.42. The largest absolute Gasteiger partial charge is 0.363 e. The number of allylic oxidation sites excluding steroid dienone is 2. The molecule has 76 valence electrons. The average Bonchev–Trinajstić information content (AvgIpc) is 2.66. The van der Waals surface area contributed by atoms with Crippen LogP contribution in [0.5, 0.6) is 0 Å². The lowest BCUT2D eigenvalue weighted by Gasteiger charge is -2.22. The lowest BCUT2D eigenvalue weighted by Crippen LogP contribution is -2.15. The van der Waals surface area contributed by atoms with Gasteiger partial charge in [-0.3, -0.25) is 0 Å². The van der Waals surface area contributed by atoms with E-state index in [1.54, 1.807) is 0 Å². The maximum absolute atomic E-state index is 2.39. The highest BCUT2D eigenvalue weighted by Crippen LogP contribution is 2.36. The first-order valence-electron chi connectivity index (χ1n) is 5.61. The zero-order valence-electron chi connectivity index (χ0n) is 8.98. The normalized spacial score (nSPS) is 21.7. The minimum atomic E-state index is 0.483. The summed E-state index contributed by atoms with van der Waals surface area (Å²) in [6.07, 6.45) is 9.86. The van der Waals surface area contributed by atoms with Crippen molar-refractivity contribution in [3.05, 3.63) is 59.3 Å². The molecule has 1 aromatic rings. The van der Waals surface area contributed by atoms with E-state index in [1.807, 2.05) is 0 Å². The molecule has 2 aliphatic rings. The summed E-state index contributed by atoms with van der Waals surface area (Å²) in [6, 6.07) is 7.39. The second kappa shape index (κ2) is 3.27. The number of hydrogen-bond acceptors (Lipinski definition) is 1. The molecule has 0 amide bonds. The molecule has 0 bridgehead atoms. The van der Waals surface area contributed by atoms with E-state index in [9.17, 15) is 0 Å². The van der Waals surface area contributed by atoms with Gasteiger partial charge in [-0.1, -0.05) is 37.3 Å². The van der Waals surface area contributed by atoms with Crippen molar-refractivity contribution in [2.75, 3.05) is 0 Å². The Morgan fingerprint density at radius 2 is 2.27 bits per heavy atom. The summed E-state index contributed by atoms with van der Waals surface area (Å²) in [4.78, 5) is 2.39. The molecule has 3 rings (SSSR count). The second-order valence-electron chi connectivity index (χ2n) is 4.23. The van der Waals surface area contributed by atoms with E-state index < -0.39 is 0 Å². The monoisotopic (exact) mass is 197 g/mol. The number of aryl methyl sites for hydroxylation is 1. The zero-order chi connectivity index (χ0) is 10.3. The molecule has 0 saturated carbocycles. The number of fused-ring (bicyclic) bond motifs is 3. The van der Waals surface area contributed by atoms with Gasteiger partial charge in [-0.25, -0.2) is 0 Å². The van der Waals surface area contributed by atoms with Crippen molar-refractivity contribution < 1.29 is 0 Å². The lowest BCUT2D eigenvalue weighted by molar-refractivity contribution is 0.350. The third-order valence-electron chi connectivity index (χ3n) is 3.33. The van der Waals surface area contributed by atoms with Crippen LogP contribution in [0, 0.1) is 0 Å². The molecule has 0 fully saturated rings. The van der Waals surface area contributed by atoms with Crippen LogP contribution >= 0.6 is 0 Å². The van der Waals surface area contributed by atoms with E-state index in [-0.39, 0.29) is 0 Å². The van der Waals surface area contributed by atoms with E-state index >= 15 is 0 Å². The number of nitrogens with zero attached hydrogens (tertiary/aromatic N) is 1. The van der Waals surface area contributed by atoms with Gasteiger partial charge in [0.05, 0.1) is 6.04 Å². The van der Waals surface area contributed by atoms with Crippen LogP contribution in [-0.4, -0.2) is 4.90 Å². The molecule has 1 nitrogen and oxygen atoms in total. The molecule has 1 unspecified atom stereocenters. The van der Waals surface area contributed by atoms with Crippen LogP contribution in [0.3, 0.4) is 0 Å². The molecule has 2 heterocycles. The molecular formula is C14H15N. The van der Waals surface area contributed by atoms with E-state index in [2.05, 4.69) is 54.5 Å². The average molecular weight is 197 g/mol.